The number of aromatic nitrogens is 2. The molecule has 2 aromatic carbocycles. The Labute approximate surface area is 168 Å². The molecule has 0 saturated carbocycles. The van der Waals surface area contributed by atoms with E-state index in [1.165, 1.54) is 16.2 Å². The van der Waals surface area contributed by atoms with Crippen molar-refractivity contribution in [3.63, 3.8) is 0 Å². The lowest BCUT2D eigenvalue weighted by molar-refractivity contribution is -0.915. The van der Waals surface area contributed by atoms with Crippen molar-refractivity contribution in [2.24, 2.45) is 0 Å². The van der Waals surface area contributed by atoms with Crippen LogP contribution in [-0.4, -0.2) is 36.3 Å². The first-order valence-corrected chi connectivity index (χ1v) is 9.77. The van der Waals surface area contributed by atoms with E-state index < -0.39 is 0 Å². The Morgan fingerprint density at radius 2 is 1.85 bits per heavy atom. The SMILES string of the molecule is Cc1ccc(Cl)cc1N1CC[NH+](Cc2nc(-c3cccc(Cl)c3)no2)CC1. The number of nitrogens with one attached hydrogen (secondary N) is 1. The molecule has 0 amide bonds. The Kier molecular flexibility index (Phi) is 5.34. The molecule has 0 unspecified atom stereocenters. The maximum absolute atomic E-state index is 6.17. The molecule has 1 aliphatic rings. The van der Waals surface area contributed by atoms with Crippen LogP contribution >= 0.6 is 23.2 Å². The third kappa shape index (κ3) is 4.26. The van der Waals surface area contributed by atoms with Gasteiger partial charge in [0, 0.05) is 21.3 Å². The molecule has 1 fully saturated rings. The summed E-state index contributed by atoms with van der Waals surface area (Å²) in [5, 5.41) is 5.54. The van der Waals surface area contributed by atoms with Crippen LogP contribution in [-0.2, 0) is 6.54 Å². The molecule has 140 valence electrons. The topological polar surface area (TPSA) is 46.6 Å². The minimum Gasteiger partial charge on any atom is -0.360 e. The van der Waals surface area contributed by atoms with Gasteiger partial charge in [0.25, 0.3) is 5.89 Å². The summed E-state index contributed by atoms with van der Waals surface area (Å²) in [6, 6.07) is 13.6. The first kappa shape index (κ1) is 18.3. The number of halogens is 2. The van der Waals surface area contributed by atoms with Crippen molar-refractivity contribution in [1.29, 1.82) is 0 Å². The molecule has 0 aliphatic carbocycles. The van der Waals surface area contributed by atoms with Gasteiger partial charge in [-0.25, -0.2) is 0 Å². The molecular weight excluding hydrogens is 383 g/mol. The fourth-order valence-electron chi connectivity index (χ4n) is 3.45. The van der Waals surface area contributed by atoms with Gasteiger partial charge in [-0.15, -0.1) is 0 Å². The van der Waals surface area contributed by atoms with E-state index in [9.17, 15) is 0 Å². The van der Waals surface area contributed by atoms with E-state index in [4.69, 9.17) is 27.7 Å². The van der Waals surface area contributed by atoms with Gasteiger partial charge in [0.2, 0.25) is 5.82 Å². The average Bonchev–Trinajstić information content (AvgIpc) is 3.13. The Morgan fingerprint density at radius 3 is 2.63 bits per heavy atom. The second kappa shape index (κ2) is 7.89. The Bertz CT molecular complexity index is 935. The molecule has 0 atom stereocenters. The number of piperazine rings is 1. The molecule has 1 aromatic heterocycles. The van der Waals surface area contributed by atoms with Gasteiger partial charge in [0.05, 0.1) is 26.2 Å². The zero-order chi connectivity index (χ0) is 18.8. The summed E-state index contributed by atoms with van der Waals surface area (Å²) in [6.45, 7) is 6.84. The summed E-state index contributed by atoms with van der Waals surface area (Å²) in [7, 11) is 0. The highest BCUT2D eigenvalue weighted by Crippen LogP contribution is 2.24. The summed E-state index contributed by atoms with van der Waals surface area (Å²) in [5.74, 6) is 1.24. The number of hydrogen-bond donors (Lipinski definition) is 1. The highest BCUT2D eigenvalue weighted by molar-refractivity contribution is 6.31. The predicted molar refractivity (Wildman–Crippen MR) is 108 cm³/mol. The van der Waals surface area contributed by atoms with E-state index in [1.54, 1.807) is 0 Å². The molecular formula is C20H21Cl2N4O+. The van der Waals surface area contributed by atoms with Crippen molar-refractivity contribution in [3.8, 4) is 11.4 Å². The number of hydrogen-bond acceptors (Lipinski definition) is 4. The molecule has 1 saturated heterocycles. The minimum atomic E-state index is 0.583. The highest BCUT2D eigenvalue weighted by atomic mass is 35.5. The first-order chi connectivity index (χ1) is 13.1. The zero-order valence-corrected chi connectivity index (χ0v) is 16.6. The van der Waals surface area contributed by atoms with Crippen LogP contribution in [0.1, 0.15) is 11.5 Å². The average molecular weight is 404 g/mol. The van der Waals surface area contributed by atoms with E-state index in [0.717, 1.165) is 43.3 Å². The monoisotopic (exact) mass is 403 g/mol. The lowest BCUT2D eigenvalue weighted by Gasteiger charge is -2.34. The van der Waals surface area contributed by atoms with Gasteiger partial charge in [0.15, 0.2) is 6.54 Å². The summed E-state index contributed by atoms with van der Waals surface area (Å²) >= 11 is 12.2. The second-order valence-corrected chi connectivity index (χ2v) is 7.74. The normalized spacial score (nSPS) is 15.3. The third-order valence-corrected chi connectivity index (χ3v) is 5.40. The molecule has 3 aromatic rings. The largest absolute Gasteiger partial charge is 0.360 e. The number of anilines is 1. The number of benzene rings is 2. The molecule has 27 heavy (non-hydrogen) atoms. The fraction of sp³-hybridized carbons (Fsp3) is 0.300. The Balaban J connectivity index is 1.38. The number of aryl methyl sites for hydroxylation is 1. The summed E-state index contributed by atoms with van der Waals surface area (Å²) < 4.78 is 5.45. The van der Waals surface area contributed by atoms with Crippen molar-refractivity contribution >= 4 is 28.9 Å². The smallest absolute Gasteiger partial charge is 0.282 e. The van der Waals surface area contributed by atoms with Crippen LogP contribution in [0.3, 0.4) is 0 Å². The van der Waals surface area contributed by atoms with Crippen molar-refractivity contribution in [2.75, 3.05) is 31.1 Å². The zero-order valence-electron chi connectivity index (χ0n) is 15.1. The Hall–Kier alpha value is -2.08. The van der Waals surface area contributed by atoms with Gasteiger partial charge < -0.3 is 14.3 Å². The summed E-state index contributed by atoms with van der Waals surface area (Å²) in [5.41, 5.74) is 3.35. The van der Waals surface area contributed by atoms with E-state index in [0.29, 0.717) is 16.7 Å². The number of rotatable bonds is 4. The van der Waals surface area contributed by atoms with E-state index >= 15 is 0 Å². The highest BCUT2D eigenvalue weighted by Gasteiger charge is 2.23. The molecule has 4 rings (SSSR count). The van der Waals surface area contributed by atoms with Crippen molar-refractivity contribution in [2.45, 2.75) is 13.5 Å². The molecule has 0 bridgehead atoms. The molecule has 7 heteroatoms. The van der Waals surface area contributed by atoms with Crippen LogP contribution in [0.15, 0.2) is 47.0 Å². The fourth-order valence-corrected chi connectivity index (χ4v) is 3.81. The predicted octanol–water partition coefficient (Wildman–Crippen LogP) is 3.26. The van der Waals surface area contributed by atoms with Crippen molar-refractivity contribution in [3.05, 3.63) is 64.0 Å². The van der Waals surface area contributed by atoms with Gasteiger partial charge in [-0.1, -0.05) is 46.6 Å². The first-order valence-electron chi connectivity index (χ1n) is 9.02. The lowest BCUT2D eigenvalue weighted by Crippen LogP contribution is -3.13. The van der Waals surface area contributed by atoms with Gasteiger partial charge in [-0.05, 0) is 36.8 Å². The van der Waals surface area contributed by atoms with E-state index in [-0.39, 0.29) is 0 Å². The quantitative estimate of drug-likeness (QED) is 0.725. The van der Waals surface area contributed by atoms with Crippen LogP contribution in [0.4, 0.5) is 5.69 Å². The van der Waals surface area contributed by atoms with Crippen LogP contribution in [0, 0.1) is 6.92 Å². The maximum Gasteiger partial charge on any atom is 0.282 e. The van der Waals surface area contributed by atoms with Crippen LogP contribution in [0.5, 0.6) is 0 Å². The summed E-state index contributed by atoms with van der Waals surface area (Å²) in [4.78, 5) is 8.37. The van der Waals surface area contributed by atoms with Gasteiger partial charge in [-0.3, -0.25) is 0 Å². The van der Waals surface area contributed by atoms with Gasteiger partial charge >= 0.3 is 0 Å². The van der Waals surface area contributed by atoms with Crippen molar-refractivity contribution in [1.82, 2.24) is 10.1 Å². The summed E-state index contributed by atoms with van der Waals surface area (Å²) in [6.07, 6.45) is 0. The number of quaternary nitrogens is 1. The molecule has 1 N–H and O–H groups in total. The molecule has 0 spiro atoms. The van der Waals surface area contributed by atoms with E-state index in [1.807, 2.05) is 30.3 Å². The molecule has 2 heterocycles. The van der Waals surface area contributed by atoms with Gasteiger partial charge in [0.1, 0.15) is 0 Å². The number of nitrogens with zero attached hydrogens (tertiary/aromatic N) is 3. The molecule has 0 radical (unpaired) electrons. The Morgan fingerprint density at radius 1 is 1.07 bits per heavy atom. The lowest BCUT2D eigenvalue weighted by atomic mass is 10.1. The molecule has 5 nitrogen and oxygen atoms in total. The maximum atomic E-state index is 6.17. The van der Waals surface area contributed by atoms with Gasteiger partial charge in [-0.2, -0.15) is 4.98 Å². The van der Waals surface area contributed by atoms with Crippen LogP contribution in [0.2, 0.25) is 10.0 Å². The standard InChI is InChI=1S/C20H20Cl2N4O/c1-14-5-6-17(22)12-18(14)26-9-7-25(8-10-26)13-19-23-20(24-27-19)15-3-2-4-16(21)11-15/h2-6,11-12H,7-10,13H2,1H3/p+1. The second-order valence-electron chi connectivity index (χ2n) is 6.87. The molecule has 1 aliphatic heterocycles. The van der Waals surface area contributed by atoms with Crippen LogP contribution in [0.25, 0.3) is 11.4 Å². The van der Waals surface area contributed by atoms with Crippen LogP contribution < -0.4 is 9.80 Å². The van der Waals surface area contributed by atoms with Crippen molar-refractivity contribution < 1.29 is 9.42 Å². The third-order valence-electron chi connectivity index (χ3n) is 4.93. The van der Waals surface area contributed by atoms with E-state index in [2.05, 4.69) is 34.1 Å². The minimum absolute atomic E-state index is 0.583.